The van der Waals surface area contributed by atoms with Crippen LogP contribution in [0.3, 0.4) is 0 Å². The summed E-state index contributed by atoms with van der Waals surface area (Å²) in [5.74, 6) is -0.757. The fourth-order valence-electron chi connectivity index (χ4n) is 2.60. The molecule has 1 N–H and O–H groups in total. The van der Waals surface area contributed by atoms with Crippen molar-refractivity contribution in [3.05, 3.63) is 57.0 Å². The third-order valence-electron chi connectivity index (χ3n) is 3.80. The van der Waals surface area contributed by atoms with E-state index < -0.39 is 5.92 Å². The molecule has 2 aromatic carbocycles. The van der Waals surface area contributed by atoms with Crippen molar-refractivity contribution in [1.82, 2.24) is 0 Å². The number of nitrogens with zero attached hydrogens (tertiary/aromatic N) is 1. The number of benzene rings is 2. The van der Waals surface area contributed by atoms with Crippen LogP contribution in [-0.2, 0) is 9.59 Å². The minimum Gasteiger partial charge on any atom is -0.324 e. The number of amides is 2. The lowest BCUT2D eigenvalue weighted by Gasteiger charge is -2.17. The number of halogens is 3. The summed E-state index contributed by atoms with van der Waals surface area (Å²) < 4.78 is 0.827. The number of hydrogen-bond donors (Lipinski definition) is 1. The molecule has 0 radical (unpaired) electrons. The SMILES string of the molecule is O=C(Nc1ccc(Br)cc1Cl)[C@@H]1CC(=O)N(c2cccc(Cl)c2)C1. The molecule has 124 valence electrons. The van der Waals surface area contributed by atoms with Crippen LogP contribution in [0.5, 0.6) is 0 Å². The Morgan fingerprint density at radius 3 is 2.71 bits per heavy atom. The van der Waals surface area contributed by atoms with Gasteiger partial charge in [0.25, 0.3) is 0 Å². The molecular formula is C17H13BrCl2N2O2. The summed E-state index contributed by atoms with van der Waals surface area (Å²) >= 11 is 15.4. The number of rotatable bonds is 3. The number of nitrogens with one attached hydrogen (secondary N) is 1. The highest BCUT2D eigenvalue weighted by Crippen LogP contribution is 2.30. The summed E-state index contributed by atoms with van der Waals surface area (Å²) in [7, 11) is 0. The Hall–Kier alpha value is -1.56. The van der Waals surface area contributed by atoms with Gasteiger partial charge in [-0.15, -0.1) is 0 Å². The van der Waals surface area contributed by atoms with E-state index in [1.807, 2.05) is 0 Å². The second-order valence-electron chi connectivity index (χ2n) is 5.50. The third-order valence-corrected chi connectivity index (χ3v) is 4.85. The second kappa shape index (κ2) is 7.13. The molecule has 24 heavy (non-hydrogen) atoms. The molecule has 1 heterocycles. The average Bonchev–Trinajstić information content (AvgIpc) is 2.92. The van der Waals surface area contributed by atoms with E-state index >= 15 is 0 Å². The molecule has 1 saturated heterocycles. The molecule has 0 saturated carbocycles. The first kappa shape index (κ1) is 17.3. The lowest BCUT2D eigenvalue weighted by atomic mass is 10.1. The maximum absolute atomic E-state index is 12.5. The predicted octanol–water partition coefficient (Wildman–Crippen LogP) is 4.75. The van der Waals surface area contributed by atoms with Gasteiger partial charge in [-0.25, -0.2) is 0 Å². The van der Waals surface area contributed by atoms with Crippen molar-refractivity contribution in [3.8, 4) is 0 Å². The molecule has 7 heteroatoms. The Bertz CT molecular complexity index is 813. The van der Waals surface area contributed by atoms with E-state index in [9.17, 15) is 9.59 Å². The fraction of sp³-hybridized carbons (Fsp3) is 0.176. The van der Waals surface area contributed by atoms with Gasteiger partial charge in [-0.05, 0) is 36.4 Å². The first-order valence-electron chi connectivity index (χ1n) is 7.26. The van der Waals surface area contributed by atoms with Crippen molar-refractivity contribution in [2.45, 2.75) is 6.42 Å². The van der Waals surface area contributed by atoms with Crippen LogP contribution >= 0.6 is 39.1 Å². The number of carbonyl (C=O) groups excluding carboxylic acids is 2. The van der Waals surface area contributed by atoms with Crippen molar-refractivity contribution < 1.29 is 9.59 Å². The predicted molar refractivity (Wildman–Crippen MR) is 99.7 cm³/mol. The van der Waals surface area contributed by atoms with Gasteiger partial charge in [-0.2, -0.15) is 0 Å². The van der Waals surface area contributed by atoms with Gasteiger partial charge in [-0.3, -0.25) is 9.59 Å². The Morgan fingerprint density at radius 2 is 2.00 bits per heavy atom. The average molecular weight is 428 g/mol. The molecular weight excluding hydrogens is 415 g/mol. The topological polar surface area (TPSA) is 49.4 Å². The van der Waals surface area contributed by atoms with Crippen molar-refractivity contribution in [2.24, 2.45) is 5.92 Å². The van der Waals surface area contributed by atoms with Crippen molar-refractivity contribution in [3.63, 3.8) is 0 Å². The van der Waals surface area contributed by atoms with Gasteiger partial charge in [0.15, 0.2) is 0 Å². The zero-order chi connectivity index (χ0) is 17.3. The summed E-state index contributed by atoms with van der Waals surface area (Å²) in [4.78, 5) is 26.3. The van der Waals surface area contributed by atoms with Crippen molar-refractivity contribution in [2.75, 3.05) is 16.8 Å². The number of anilines is 2. The number of carbonyl (C=O) groups is 2. The monoisotopic (exact) mass is 426 g/mol. The van der Waals surface area contributed by atoms with Crippen molar-refractivity contribution >= 4 is 62.3 Å². The van der Waals surface area contributed by atoms with E-state index in [1.165, 1.54) is 0 Å². The van der Waals surface area contributed by atoms with Crippen LogP contribution in [0.25, 0.3) is 0 Å². The zero-order valence-corrected chi connectivity index (χ0v) is 15.5. The van der Waals surface area contributed by atoms with Crippen LogP contribution < -0.4 is 10.2 Å². The third kappa shape index (κ3) is 3.74. The summed E-state index contributed by atoms with van der Waals surface area (Å²) in [6.45, 7) is 0.319. The summed E-state index contributed by atoms with van der Waals surface area (Å²) in [6, 6.07) is 12.2. The molecule has 1 atom stereocenters. The van der Waals surface area contributed by atoms with Crippen LogP contribution in [0.15, 0.2) is 46.9 Å². The molecule has 0 bridgehead atoms. The molecule has 3 rings (SSSR count). The van der Waals surface area contributed by atoms with E-state index in [0.717, 1.165) is 4.47 Å². The summed E-state index contributed by atoms with van der Waals surface area (Å²) in [5.41, 5.74) is 1.22. The first-order valence-corrected chi connectivity index (χ1v) is 8.81. The minimum absolute atomic E-state index is 0.0979. The standard InChI is InChI=1S/C17H13BrCl2N2O2/c18-11-4-5-15(14(20)7-11)21-17(24)10-6-16(23)22(9-10)13-3-1-2-12(19)8-13/h1-5,7-8,10H,6,9H2,(H,21,24)/t10-/m1/s1. The van der Waals surface area contributed by atoms with Gasteiger partial charge in [0.2, 0.25) is 11.8 Å². The van der Waals surface area contributed by atoms with Crippen LogP contribution in [0, 0.1) is 5.92 Å². The van der Waals surface area contributed by atoms with Crippen molar-refractivity contribution in [1.29, 1.82) is 0 Å². The van der Waals surface area contributed by atoms with Gasteiger partial charge in [0.05, 0.1) is 16.6 Å². The molecule has 1 aliphatic rings. The highest BCUT2D eigenvalue weighted by atomic mass is 79.9. The summed E-state index contributed by atoms with van der Waals surface area (Å²) in [6.07, 6.45) is 0.159. The van der Waals surface area contributed by atoms with Crippen LogP contribution in [0.4, 0.5) is 11.4 Å². The van der Waals surface area contributed by atoms with Crippen LogP contribution in [0.2, 0.25) is 10.0 Å². The maximum Gasteiger partial charge on any atom is 0.229 e. The molecule has 0 aromatic heterocycles. The fourth-order valence-corrected chi connectivity index (χ4v) is 3.51. The van der Waals surface area contributed by atoms with E-state index in [0.29, 0.717) is 28.0 Å². The molecule has 1 aliphatic heterocycles. The van der Waals surface area contributed by atoms with E-state index in [1.54, 1.807) is 47.4 Å². The molecule has 0 spiro atoms. The lowest BCUT2D eigenvalue weighted by molar-refractivity contribution is -0.122. The van der Waals surface area contributed by atoms with Gasteiger partial charge in [-0.1, -0.05) is 45.2 Å². The van der Waals surface area contributed by atoms with Gasteiger partial charge in [0, 0.05) is 28.1 Å². The lowest BCUT2D eigenvalue weighted by Crippen LogP contribution is -2.28. The molecule has 0 aliphatic carbocycles. The minimum atomic E-state index is -0.434. The quantitative estimate of drug-likeness (QED) is 0.768. The number of hydrogen-bond acceptors (Lipinski definition) is 2. The summed E-state index contributed by atoms with van der Waals surface area (Å²) in [5, 5.41) is 3.78. The second-order valence-corrected chi connectivity index (χ2v) is 7.26. The molecule has 2 amide bonds. The van der Waals surface area contributed by atoms with E-state index in [4.69, 9.17) is 23.2 Å². The smallest absolute Gasteiger partial charge is 0.229 e. The van der Waals surface area contributed by atoms with E-state index in [-0.39, 0.29) is 18.2 Å². The zero-order valence-electron chi connectivity index (χ0n) is 12.4. The van der Waals surface area contributed by atoms with Gasteiger partial charge in [0.1, 0.15) is 0 Å². The van der Waals surface area contributed by atoms with Gasteiger partial charge >= 0.3 is 0 Å². The Morgan fingerprint density at radius 1 is 1.21 bits per heavy atom. The molecule has 4 nitrogen and oxygen atoms in total. The van der Waals surface area contributed by atoms with Crippen LogP contribution in [-0.4, -0.2) is 18.4 Å². The molecule has 1 fully saturated rings. The molecule has 0 unspecified atom stereocenters. The molecule has 2 aromatic rings. The Balaban J connectivity index is 1.72. The largest absolute Gasteiger partial charge is 0.324 e. The highest BCUT2D eigenvalue weighted by molar-refractivity contribution is 9.10. The highest BCUT2D eigenvalue weighted by Gasteiger charge is 2.35. The van der Waals surface area contributed by atoms with Crippen LogP contribution in [0.1, 0.15) is 6.42 Å². The van der Waals surface area contributed by atoms with E-state index in [2.05, 4.69) is 21.2 Å². The Kier molecular flexibility index (Phi) is 5.13. The van der Waals surface area contributed by atoms with Gasteiger partial charge < -0.3 is 10.2 Å². The first-order chi connectivity index (χ1) is 11.4. The maximum atomic E-state index is 12.5. The normalized spacial score (nSPS) is 17.2. The Labute approximate surface area is 157 Å².